The molecule has 0 saturated carbocycles. The van der Waals surface area contributed by atoms with Crippen molar-refractivity contribution in [3.8, 4) is 0 Å². The fraction of sp³-hybridized carbons (Fsp3) is 1.00. The van der Waals surface area contributed by atoms with Crippen LogP contribution in [0.5, 0.6) is 0 Å². The summed E-state index contributed by atoms with van der Waals surface area (Å²) in [6.45, 7) is 12.9. The van der Waals surface area contributed by atoms with Gasteiger partial charge in [-0.25, -0.2) is 0 Å². The quantitative estimate of drug-likeness (QED) is 0.832. The van der Waals surface area contributed by atoms with E-state index >= 15 is 0 Å². The minimum absolute atomic E-state index is 0.268. The van der Waals surface area contributed by atoms with Gasteiger partial charge in [-0.2, -0.15) is 0 Å². The van der Waals surface area contributed by atoms with Crippen LogP contribution in [-0.4, -0.2) is 55.6 Å². The molecule has 0 aromatic heterocycles. The van der Waals surface area contributed by atoms with Gasteiger partial charge in [0.25, 0.3) is 0 Å². The lowest BCUT2D eigenvalue weighted by Gasteiger charge is -2.46. The van der Waals surface area contributed by atoms with Gasteiger partial charge in [0.2, 0.25) is 0 Å². The van der Waals surface area contributed by atoms with Crippen LogP contribution < -0.4 is 5.73 Å². The van der Waals surface area contributed by atoms with Crippen LogP contribution in [0.4, 0.5) is 0 Å². The van der Waals surface area contributed by atoms with E-state index in [4.69, 9.17) is 5.73 Å². The zero-order chi connectivity index (χ0) is 14.6. The molecule has 1 aliphatic heterocycles. The van der Waals surface area contributed by atoms with E-state index in [-0.39, 0.29) is 5.41 Å². The average Bonchev–Trinajstić information content (AvgIpc) is 2.29. The topological polar surface area (TPSA) is 32.5 Å². The Morgan fingerprint density at radius 3 is 2.11 bits per heavy atom. The monoisotopic (exact) mass is 269 g/mol. The first-order chi connectivity index (χ1) is 8.75. The molecule has 0 amide bonds. The molecular formula is C16H35N3. The van der Waals surface area contributed by atoms with E-state index in [1.165, 1.54) is 32.5 Å². The molecule has 0 aromatic carbocycles. The van der Waals surface area contributed by atoms with Crippen molar-refractivity contribution in [3.05, 3.63) is 0 Å². The van der Waals surface area contributed by atoms with Crippen LogP contribution in [-0.2, 0) is 0 Å². The second kappa shape index (κ2) is 7.05. The number of piperidine rings is 1. The first kappa shape index (κ1) is 16.9. The highest BCUT2D eigenvalue weighted by atomic mass is 15.2. The highest BCUT2D eigenvalue weighted by molar-refractivity contribution is 4.92. The van der Waals surface area contributed by atoms with Gasteiger partial charge in [-0.1, -0.05) is 27.7 Å². The van der Waals surface area contributed by atoms with Crippen molar-refractivity contribution >= 4 is 0 Å². The first-order valence-corrected chi connectivity index (χ1v) is 7.90. The van der Waals surface area contributed by atoms with Crippen LogP contribution in [0.1, 0.15) is 47.0 Å². The highest BCUT2D eigenvalue weighted by Crippen LogP contribution is 2.31. The molecule has 3 nitrogen and oxygen atoms in total. The zero-order valence-electron chi connectivity index (χ0n) is 13.9. The molecule has 0 aromatic rings. The molecule has 1 fully saturated rings. The zero-order valence-corrected chi connectivity index (χ0v) is 13.9. The minimum Gasteiger partial charge on any atom is -0.326 e. The Balaban J connectivity index is 2.60. The van der Waals surface area contributed by atoms with E-state index in [1.54, 1.807) is 0 Å². The second-order valence-corrected chi connectivity index (χ2v) is 7.62. The number of nitrogens with two attached hydrogens (primary N) is 1. The summed E-state index contributed by atoms with van der Waals surface area (Å²) in [6, 6.07) is 0.809. The van der Waals surface area contributed by atoms with E-state index in [0.717, 1.165) is 12.3 Å². The van der Waals surface area contributed by atoms with Gasteiger partial charge in [0.15, 0.2) is 0 Å². The predicted octanol–water partition coefficient (Wildman–Crippen LogP) is 2.41. The van der Waals surface area contributed by atoms with Crippen LogP contribution in [0, 0.1) is 11.3 Å². The minimum atomic E-state index is 0.268. The number of hydrogen-bond donors (Lipinski definition) is 1. The third kappa shape index (κ3) is 5.05. The summed E-state index contributed by atoms with van der Waals surface area (Å²) in [4.78, 5) is 4.97. The molecular weight excluding hydrogens is 234 g/mol. The van der Waals surface area contributed by atoms with Crippen molar-refractivity contribution in [2.45, 2.75) is 59.0 Å². The van der Waals surface area contributed by atoms with Gasteiger partial charge in [-0.3, -0.25) is 4.90 Å². The fourth-order valence-corrected chi connectivity index (χ4v) is 3.61. The van der Waals surface area contributed by atoms with Gasteiger partial charge in [-0.05, 0) is 57.8 Å². The third-order valence-electron chi connectivity index (χ3n) is 4.43. The summed E-state index contributed by atoms with van der Waals surface area (Å²) in [5.41, 5.74) is 6.67. The number of hydrogen-bond acceptors (Lipinski definition) is 3. The van der Waals surface area contributed by atoms with Crippen LogP contribution >= 0.6 is 0 Å². The smallest absolute Gasteiger partial charge is 0.0295 e. The molecule has 1 heterocycles. The Kier molecular flexibility index (Phi) is 6.28. The van der Waals surface area contributed by atoms with Gasteiger partial charge < -0.3 is 10.6 Å². The van der Waals surface area contributed by atoms with Crippen molar-refractivity contribution < 1.29 is 0 Å². The summed E-state index contributed by atoms with van der Waals surface area (Å²) in [6.07, 6.45) is 3.71. The molecule has 0 bridgehead atoms. The Morgan fingerprint density at radius 2 is 1.74 bits per heavy atom. The van der Waals surface area contributed by atoms with Crippen LogP contribution in [0.3, 0.4) is 0 Å². The Hall–Kier alpha value is -0.120. The predicted molar refractivity (Wildman–Crippen MR) is 84.4 cm³/mol. The Morgan fingerprint density at radius 1 is 1.21 bits per heavy atom. The summed E-state index contributed by atoms with van der Waals surface area (Å²) < 4.78 is 0. The van der Waals surface area contributed by atoms with Gasteiger partial charge in [-0.15, -0.1) is 0 Å². The molecule has 2 unspecified atom stereocenters. The lowest BCUT2D eigenvalue weighted by molar-refractivity contribution is 0.0422. The molecule has 0 radical (unpaired) electrons. The third-order valence-corrected chi connectivity index (χ3v) is 4.43. The summed E-state index contributed by atoms with van der Waals surface area (Å²) in [7, 11) is 4.36. The summed E-state index contributed by atoms with van der Waals surface area (Å²) in [5, 5.41) is 0. The second-order valence-electron chi connectivity index (χ2n) is 7.62. The lowest BCUT2D eigenvalue weighted by atomic mass is 9.79. The van der Waals surface area contributed by atoms with E-state index in [1.807, 2.05) is 0 Å². The molecule has 3 heteroatoms. The van der Waals surface area contributed by atoms with Crippen molar-refractivity contribution in [1.82, 2.24) is 9.80 Å². The molecule has 1 saturated heterocycles. The van der Waals surface area contributed by atoms with Gasteiger partial charge >= 0.3 is 0 Å². The van der Waals surface area contributed by atoms with Gasteiger partial charge in [0.05, 0.1) is 0 Å². The SMILES string of the molecule is CCC(N)C(N1CCC(CN(C)C)CC1)C(C)(C)C. The Bertz CT molecular complexity index is 249. The number of rotatable bonds is 5. The van der Waals surface area contributed by atoms with E-state index < -0.39 is 0 Å². The molecule has 1 aliphatic rings. The Labute approximate surface area is 120 Å². The van der Waals surface area contributed by atoms with Crippen molar-refractivity contribution in [2.75, 3.05) is 33.7 Å². The fourth-order valence-electron chi connectivity index (χ4n) is 3.61. The largest absolute Gasteiger partial charge is 0.326 e. The molecule has 2 atom stereocenters. The molecule has 114 valence electrons. The molecule has 1 rings (SSSR count). The van der Waals surface area contributed by atoms with Gasteiger partial charge in [0.1, 0.15) is 0 Å². The molecule has 0 aliphatic carbocycles. The van der Waals surface area contributed by atoms with E-state index in [0.29, 0.717) is 12.1 Å². The average molecular weight is 269 g/mol. The van der Waals surface area contributed by atoms with Gasteiger partial charge in [0, 0.05) is 18.6 Å². The maximum Gasteiger partial charge on any atom is 0.0295 e. The van der Waals surface area contributed by atoms with Crippen molar-refractivity contribution in [1.29, 1.82) is 0 Å². The van der Waals surface area contributed by atoms with Crippen molar-refractivity contribution in [2.24, 2.45) is 17.1 Å². The lowest BCUT2D eigenvalue weighted by Crippen LogP contribution is -2.56. The number of nitrogens with zero attached hydrogens (tertiary/aromatic N) is 2. The molecule has 2 N–H and O–H groups in total. The highest BCUT2D eigenvalue weighted by Gasteiger charge is 2.36. The molecule has 0 spiro atoms. The first-order valence-electron chi connectivity index (χ1n) is 7.90. The molecule has 19 heavy (non-hydrogen) atoms. The normalized spacial score (nSPS) is 22.7. The standard InChI is InChI=1S/C16H35N3/c1-7-14(17)15(16(2,3)4)19-10-8-13(9-11-19)12-18(5)6/h13-15H,7-12,17H2,1-6H3. The summed E-state index contributed by atoms with van der Waals surface area (Å²) >= 11 is 0. The van der Waals surface area contributed by atoms with Crippen LogP contribution in [0.25, 0.3) is 0 Å². The maximum absolute atomic E-state index is 6.40. The van der Waals surface area contributed by atoms with Crippen molar-refractivity contribution in [3.63, 3.8) is 0 Å². The number of likely N-dealkylation sites (tertiary alicyclic amines) is 1. The van der Waals surface area contributed by atoms with E-state index in [9.17, 15) is 0 Å². The van der Waals surface area contributed by atoms with Crippen LogP contribution in [0.15, 0.2) is 0 Å². The van der Waals surface area contributed by atoms with E-state index in [2.05, 4.69) is 51.6 Å². The van der Waals surface area contributed by atoms with Crippen LogP contribution in [0.2, 0.25) is 0 Å². The maximum atomic E-state index is 6.40. The summed E-state index contributed by atoms with van der Waals surface area (Å²) in [5.74, 6) is 0.865.